The molecule has 0 spiro atoms. The van der Waals surface area contributed by atoms with Gasteiger partial charge in [0.25, 0.3) is 0 Å². The van der Waals surface area contributed by atoms with Crippen molar-refractivity contribution < 1.29 is 9.84 Å². The monoisotopic (exact) mass is 255 g/mol. The predicted octanol–water partition coefficient (Wildman–Crippen LogP) is 2.95. The van der Waals surface area contributed by atoms with Gasteiger partial charge in [-0.15, -0.1) is 0 Å². The number of aromatic hydroxyl groups is 1. The Morgan fingerprint density at radius 2 is 2.14 bits per heavy atom. The molecule has 0 aliphatic heterocycles. The highest BCUT2D eigenvalue weighted by Gasteiger charge is 2.12. The van der Waals surface area contributed by atoms with Crippen molar-refractivity contribution in [1.29, 1.82) is 0 Å². The summed E-state index contributed by atoms with van der Waals surface area (Å²) in [6, 6.07) is 3.78. The van der Waals surface area contributed by atoms with Gasteiger partial charge in [0.15, 0.2) is 11.5 Å². The summed E-state index contributed by atoms with van der Waals surface area (Å²) in [5.41, 5.74) is 1.99. The lowest BCUT2D eigenvalue weighted by Gasteiger charge is -2.06. The van der Waals surface area contributed by atoms with Gasteiger partial charge in [0.05, 0.1) is 17.1 Å². The molecule has 1 aromatic carbocycles. The number of fused-ring (bicyclic) bond motifs is 1. The Morgan fingerprint density at radius 3 is 2.79 bits per heavy atom. The zero-order valence-corrected chi connectivity index (χ0v) is 9.47. The Hall–Kier alpha value is -1.16. The van der Waals surface area contributed by atoms with Crippen LogP contribution in [0.25, 0.3) is 10.9 Å². The highest BCUT2D eigenvalue weighted by atomic mass is 79.9. The highest BCUT2D eigenvalue weighted by molar-refractivity contribution is 9.10. The van der Waals surface area contributed by atoms with E-state index >= 15 is 0 Å². The maximum absolute atomic E-state index is 9.72. The third-order valence-electron chi connectivity index (χ3n) is 2.14. The van der Waals surface area contributed by atoms with E-state index in [1.165, 1.54) is 0 Å². The van der Waals surface area contributed by atoms with Crippen molar-refractivity contribution in [2.75, 3.05) is 7.11 Å². The van der Waals surface area contributed by atoms with Crippen LogP contribution >= 0.6 is 15.9 Å². The van der Waals surface area contributed by atoms with E-state index < -0.39 is 0 Å². The van der Waals surface area contributed by atoms with E-state index in [1.807, 2.05) is 19.1 Å². The average molecular weight is 256 g/mol. The fourth-order valence-electron chi connectivity index (χ4n) is 1.55. The minimum Gasteiger partial charge on any atom is -0.503 e. The van der Waals surface area contributed by atoms with E-state index in [-0.39, 0.29) is 5.75 Å². The maximum atomic E-state index is 9.72. The second kappa shape index (κ2) is 3.20. The highest BCUT2D eigenvalue weighted by Crippen LogP contribution is 2.40. The van der Waals surface area contributed by atoms with Gasteiger partial charge in [-0.25, -0.2) is 0 Å². The number of rotatable bonds is 1. The Kier molecular flexibility index (Phi) is 2.15. The Labute approximate surface area is 89.8 Å². The Morgan fingerprint density at radius 1 is 1.43 bits per heavy atom. The molecule has 1 aromatic heterocycles. The van der Waals surface area contributed by atoms with Gasteiger partial charge in [-0.05, 0) is 35.0 Å². The molecule has 0 fully saturated rings. The zero-order valence-electron chi connectivity index (χ0n) is 7.89. The molecule has 0 amide bonds. The number of halogens is 1. The van der Waals surface area contributed by atoms with Crippen molar-refractivity contribution in [1.82, 2.24) is 4.98 Å². The second-order valence-electron chi connectivity index (χ2n) is 3.15. The van der Waals surface area contributed by atoms with Gasteiger partial charge >= 0.3 is 0 Å². The third-order valence-corrected chi connectivity index (χ3v) is 2.75. The van der Waals surface area contributed by atoms with Crippen molar-refractivity contribution in [2.45, 2.75) is 6.92 Å². The summed E-state index contributed by atoms with van der Waals surface area (Å²) in [6.07, 6.45) is 0. The summed E-state index contributed by atoms with van der Waals surface area (Å²) in [7, 11) is 1.54. The lowest BCUT2D eigenvalue weighted by Crippen LogP contribution is -1.85. The summed E-state index contributed by atoms with van der Waals surface area (Å²) in [6.45, 7) is 1.96. The Balaban J connectivity index is 2.87. The fourth-order valence-corrected chi connectivity index (χ4v) is 1.96. The van der Waals surface area contributed by atoms with Crippen LogP contribution in [-0.4, -0.2) is 17.2 Å². The molecule has 0 saturated heterocycles. The van der Waals surface area contributed by atoms with Crippen LogP contribution in [0, 0.1) is 6.92 Å². The number of ether oxygens (including phenoxy) is 1. The van der Waals surface area contributed by atoms with E-state index in [4.69, 9.17) is 4.74 Å². The van der Waals surface area contributed by atoms with Crippen LogP contribution in [0.15, 0.2) is 16.6 Å². The molecule has 74 valence electrons. The first-order valence-corrected chi connectivity index (χ1v) is 4.97. The van der Waals surface area contributed by atoms with Crippen LogP contribution in [-0.2, 0) is 0 Å². The van der Waals surface area contributed by atoms with Crippen LogP contribution in [0.5, 0.6) is 11.5 Å². The molecule has 0 aliphatic rings. The van der Waals surface area contributed by atoms with Crippen LogP contribution in [0.3, 0.4) is 0 Å². The second-order valence-corrected chi connectivity index (χ2v) is 4.01. The van der Waals surface area contributed by atoms with Gasteiger partial charge < -0.3 is 14.8 Å². The first-order chi connectivity index (χ1) is 6.63. The maximum Gasteiger partial charge on any atom is 0.172 e. The third kappa shape index (κ3) is 1.26. The first kappa shape index (κ1) is 9.40. The number of phenolic OH excluding ortho intramolecular Hbond substituents is 1. The summed E-state index contributed by atoms with van der Waals surface area (Å²) >= 11 is 3.27. The lowest BCUT2D eigenvalue weighted by molar-refractivity contribution is 0.376. The van der Waals surface area contributed by atoms with Gasteiger partial charge in [-0.2, -0.15) is 0 Å². The SMILES string of the molecule is COc1c(O)c(Br)cc2[nH]c(C)cc12. The van der Waals surface area contributed by atoms with Crippen molar-refractivity contribution >= 4 is 26.8 Å². The van der Waals surface area contributed by atoms with Gasteiger partial charge in [-0.1, -0.05) is 0 Å². The van der Waals surface area contributed by atoms with Crippen molar-refractivity contribution in [3.8, 4) is 11.5 Å². The molecule has 0 atom stereocenters. The molecule has 0 unspecified atom stereocenters. The molecule has 0 aliphatic carbocycles. The number of hydrogen-bond donors (Lipinski definition) is 2. The summed E-state index contributed by atoms with van der Waals surface area (Å²) in [4.78, 5) is 3.18. The van der Waals surface area contributed by atoms with E-state index in [9.17, 15) is 5.11 Å². The minimum absolute atomic E-state index is 0.138. The van der Waals surface area contributed by atoms with Crippen molar-refractivity contribution in [3.05, 3.63) is 22.3 Å². The lowest BCUT2D eigenvalue weighted by atomic mass is 10.2. The molecular weight excluding hydrogens is 246 g/mol. The molecule has 3 nitrogen and oxygen atoms in total. The molecule has 0 radical (unpaired) electrons. The molecule has 2 rings (SSSR count). The molecule has 0 saturated carbocycles. The molecule has 4 heteroatoms. The molecule has 0 bridgehead atoms. The van der Waals surface area contributed by atoms with Gasteiger partial charge in [0, 0.05) is 11.1 Å². The number of phenols is 1. The van der Waals surface area contributed by atoms with Gasteiger partial charge in [0.1, 0.15) is 0 Å². The van der Waals surface area contributed by atoms with Crippen LogP contribution in [0.4, 0.5) is 0 Å². The number of nitrogens with one attached hydrogen (secondary N) is 1. The molecular formula is C10H10BrNO2. The van der Waals surface area contributed by atoms with Gasteiger partial charge in [0.2, 0.25) is 0 Å². The summed E-state index contributed by atoms with van der Waals surface area (Å²) in [5.74, 6) is 0.637. The van der Waals surface area contributed by atoms with E-state index in [0.717, 1.165) is 16.6 Å². The number of aryl methyl sites for hydroxylation is 1. The number of benzene rings is 1. The average Bonchev–Trinajstić information content (AvgIpc) is 2.47. The Bertz CT molecular complexity index is 490. The largest absolute Gasteiger partial charge is 0.503 e. The fraction of sp³-hybridized carbons (Fsp3) is 0.200. The van der Waals surface area contributed by atoms with E-state index in [0.29, 0.717) is 10.2 Å². The standard InChI is InChI=1S/C10H10BrNO2/c1-5-3-6-8(12-5)4-7(11)9(13)10(6)14-2/h3-4,12-13H,1-2H3. The van der Waals surface area contributed by atoms with Crippen molar-refractivity contribution in [3.63, 3.8) is 0 Å². The van der Waals surface area contributed by atoms with E-state index in [1.54, 1.807) is 7.11 Å². The first-order valence-electron chi connectivity index (χ1n) is 4.18. The number of hydrogen-bond acceptors (Lipinski definition) is 2. The summed E-state index contributed by atoms with van der Waals surface area (Å²) in [5, 5.41) is 10.6. The number of aromatic amines is 1. The summed E-state index contributed by atoms with van der Waals surface area (Å²) < 4.78 is 5.78. The van der Waals surface area contributed by atoms with Gasteiger partial charge in [-0.3, -0.25) is 0 Å². The molecule has 2 N–H and O–H groups in total. The van der Waals surface area contributed by atoms with Crippen LogP contribution in [0.2, 0.25) is 0 Å². The number of aromatic nitrogens is 1. The number of methoxy groups -OCH3 is 1. The zero-order chi connectivity index (χ0) is 10.3. The predicted molar refractivity (Wildman–Crippen MR) is 59.0 cm³/mol. The van der Waals surface area contributed by atoms with Crippen molar-refractivity contribution in [2.24, 2.45) is 0 Å². The minimum atomic E-state index is 0.138. The topological polar surface area (TPSA) is 45.2 Å². The normalized spacial score (nSPS) is 10.8. The molecule has 1 heterocycles. The van der Waals surface area contributed by atoms with E-state index in [2.05, 4.69) is 20.9 Å². The molecule has 2 aromatic rings. The smallest absolute Gasteiger partial charge is 0.172 e. The van der Waals surface area contributed by atoms with Crippen LogP contribution in [0.1, 0.15) is 5.69 Å². The van der Waals surface area contributed by atoms with Crippen LogP contribution < -0.4 is 4.74 Å². The molecule has 14 heavy (non-hydrogen) atoms. The quantitative estimate of drug-likeness (QED) is 0.823. The number of H-pyrrole nitrogens is 1.